The van der Waals surface area contributed by atoms with Gasteiger partial charge in [0.2, 0.25) is 0 Å². The summed E-state index contributed by atoms with van der Waals surface area (Å²) in [5.41, 5.74) is 0. The molecule has 0 spiro atoms. The van der Waals surface area contributed by atoms with Gasteiger partial charge >= 0.3 is 0 Å². The Bertz CT molecular complexity index is 173. The summed E-state index contributed by atoms with van der Waals surface area (Å²) in [6.45, 7) is 9.29. The number of methoxy groups -OCH3 is 1. The second kappa shape index (κ2) is 9.83. The highest BCUT2D eigenvalue weighted by Crippen LogP contribution is 2.07. The van der Waals surface area contributed by atoms with E-state index >= 15 is 0 Å². The first-order chi connectivity index (χ1) is 8.33. The molecule has 0 amide bonds. The van der Waals surface area contributed by atoms with E-state index in [-0.39, 0.29) is 0 Å². The van der Waals surface area contributed by atoms with Crippen LogP contribution in [0.2, 0.25) is 0 Å². The molecule has 1 aliphatic rings. The number of hydrogen-bond donors (Lipinski definition) is 1. The fourth-order valence-corrected chi connectivity index (χ4v) is 2.18. The van der Waals surface area contributed by atoms with E-state index in [1.165, 1.54) is 32.5 Å². The van der Waals surface area contributed by atoms with Crippen LogP contribution in [0.4, 0.5) is 0 Å². The second-order valence-corrected chi connectivity index (χ2v) is 4.82. The van der Waals surface area contributed by atoms with Gasteiger partial charge < -0.3 is 19.7 Å². The van der Waals surface area contributed by atoms with Gasteiger partial charge in [0.05, 0.1) is 13.2 Å². The molecule has 4 nitrogen and oxygen atoms in total. The van der Waals surface area contributed by atoms with E-state index in [0.717, 1.165) is 19.6 Å². The van der Waals surface area contributed by atoms with Crippen LogP contribution in [-0.4, -0.2) is 64.1 Å². The summed E-state index contributed by atoms with van der Waals surface area (Å²) in [5.74, 6) is 0. The van der Waals surface area contributed by atoms with Gasteiger partial charge in [-0.2, -0.15) is 0 Å². The quantitative estimate of drug-likeness (QED) is 0.584. The van der Waals surface area contributed by atoms with Crippen molar-refractivity contribution in [1.29, 1.82) is 0 Å². The lowest BCUT2D eigenvalue weighted by Gasteiger charge is -2.21. The highest BCUT2D eigenvalue weighted by Gasteiger charge is 2.13. The summed E-state index contributed by atoms with van der Waals surface area (Å²) in [5, 5.41) is 3.55. The van der Waals surface area contributed by atoms with E-state index in [2.05, 4.69) is 17.1 Å². The van der Waals surface area contributed by atoms with Crippen LogP contribution in [0.1, 0.15) is 26.2 Å². The van der Waals surface area contributed by atoms with Crippen molar-refractivity contribution in [2.45, 2.75) is 32.2 Å². The van der Waals surface area contributed by atoms with Gasteiger partial charge in [0.1, 0.15) is 0 Å². The van der Waals surface area contributed by atoms with Crippen LogP contribution >= 0.6 is 0 Å². The zero-order valence-corrected chi connectivity index (χ0v) is 11.4. The minimum absolute atomic E-state index is 0.590. The Morgan fingerprint density at radius 1 is 1.18 bits per heavy atom. The Labute approximate surface area is 106 Å². The summed E-state index contributed by atoms with van der Waals surface area (Å²) < 4.78 is 10.3. The van der Waals surface area contributed by atoms with Crippen molar-refractivity contribution in [2.24, 2.45) is 0 Å². The van der Waals surface area contributed by atoms with Crippen molar-refractivity contribution in [3.63, 3.8) is 0 Å². The minimum atomic E-state index is 0.590. The zero-order valence-electron chi connectivity index (χ0n) is 11.4. The fraction of sp³-hybridized carbons (Fsp3) is 1.00. The van der Waals surface area contributed by atoms with Crippen molar-refractivity contribution in [3.8, 4) is 0 Å². The van der Waals surface area contributed by atoms with Gasteiger partial charge in [-0.05, 0) is 45.8 Å². The lowest BCUT2D eigenvalue weighted by atomic mass is 10.3. The van der Waals surface area contributed by atoms with Crippen molar-refractivity contribution in [2.75, 3.05) is 53.1 Å². The van der Waals surface area contributed by atoms with Crippen LogP contribution < -0.4 is 5.32 Å². The van der Waals surface area contributed by atoms with Crippen LogP contribution in [0.5, 0.6) is 0 Å². The molecule has 0 aromatic carbocycles. The molecule has 1 atom stereocenters. The van der Waals surface area contributed by atoms with E-state index in [0.29, 0.717) is 19.3 Å². The van der Waals surface area contributed by atoms with Crippen molar-refractivity contribution in [3.05, 3.63) is 0 Å². The highest BCUT2D eigenvalue weighted by atomic mass is 16.5. The molecule has 1 fully saturated rings. The van der Waals surface area contributed by atoms with E-state index in [1.807, 2.05) is 0 Å². The molecule has 1 heterocycles. The van der Waals surface area contributed by atoms with E-state index in [1.54, 1.807) is 7.11 Å². The molecule has 1 unspecified atom stereocenters. The van der Waals surface area contributed by atoms with Gasteiger partial charge in [0, 0.05) is 26.3 Å². The number of likely N-dealkylation sites (tertiary alicyclic amines) is 1. The lowest BCUT2D eigenvalue weighted by molar-refractivity contribution is 0.0692. The summed E-state index contributed by atoms with van der Waals surface area (Å²) in [6, 6.07) is 0.590. The molecule has 0 bridgehead atoms. The van der Waals surface area contributed by atoms with Crippen LogP contribution in [0.15, 0.2) is 0 Å². The lowest BCUT2D eigenvalue weighted by Crippen LogP contribution is -2.38. The van der Waals surface area contributed by atoms with Crippen molar-refractivity contribution < 1.29 is 9.47 Å². The van der Waals surface area contributed by atoms with Gasteiger partial charge in [-0.3, -0.25) is 0 Å². The zero-order chi connectivity index (χ0) is 12.3. The molecular formula is C13H28N2O2. The Kier molecular flexibility index (Phi) is 8.61. The first kappa shape index (κ1) is 14.9. The molecule has 0 aromatic rings. The van der Waals surface area contributed by atoms with Gasteiger partial charge in [-0.15, -0.1) is 0 Å². The molecule has 0 radical (unpaired) electrons. The maximum Gasteiger partial charge on any atom is 0.0700 e. The monoisotopic (exact) mass is 244 g/mol. The average molecular weight is 244 g/mol. The second-order valence-electron chi connectivity index (χ2n) is 4.82. The summed E-state index contributed by atoms with van der Waals surface area (Å²) >= 11 is 0. The minimum Gasteiger partial charge on any atom is -0.382 e. The first-order valence-corrected chi connectivity index (χ1v) is 6.85. The van der Waals surface area contributed by atoms with E-state index in [9.17, 15) is 0 Å². The largest absolute Gasteiger partial charge is 0.382 e. The fourth-order valence-electron chi connectivity index (χ4n) is 2.18. The molecule has 1 saturated heterocycles. The molecule has 4 heteroatoms. The summed E-state index contributed by atoms with van der Waals surface area (Å²) in [7, 11) is 1.70. The molecule has 1 rings (SSSR count). The van der Waals surface area contributed by atoms with Gasteiger partial charge in [0.25, 0.3) is 0 Å². The topological polar surface area (TPSA) is 33.7 Å². The third kappa shape index (κ3) is 7.71. The Balaban J connectivity index is 1.84. The van der Waals surface area contributed by atoms with Crippen LogP contribution in [0.25, 0.3) is 0 Å². The normalized spacial score (nSPS) is 18.7. The first-order valence-electron chi connectivity index (χ1n) is 6.85. The van der Waals surface area contributed by atoms with Crippen LogP contribution in [-0.2, 0) is 9.47 Å². The summed E-state index contributed by atoms with van der Waals surface area (Å²) in [6.07, 6.45) is 3.83. The number of hydrogen-bond acceptors (Lipinski definition) is 4. The van der Waals surface area contributed by atoms with Gasteiger partial charge in [-0.25, -0.2) is 0 Å². The molecule has 102 valence electrons. The van der Waals surface area contributed by atoms with Crippen LogP contribution in [0.3, 0.4) is 0 Å². The number of nitrogens with zero attached hydrogens (tertiary/aromatic N) is 1. The third-order valence-electron chi connectivity index (χ3n) is 3.12. The van der Waals surface area contributed by atoms with E-state index < -0.39 is 0 Å². The number of rotatable bonds is 10. The molecule has 1 aliphatic heterocycles. The average Bonchev–Trinajstić information content (AvgIpc) is 2.80. The maximum absolute atomic E-state index is 5.41. The predicted octanol–water partition coefficient (Wildman–Crippen LogP) is 1.11. The molecule has 1 N–H and O–H groups in total. The number of nitrogens with one attached hydrogen (secondary N) is 1. The molecule has 17 heavy (non-hydrogen) atoms. The SMILES string of the molecule is COCCOCCCNC(C)CN1CCCC1. The molecule has 0 aromatic heterocycles. The molecule has 0 aliphatic carbocycles. The smallest absolute Gasteiger partial charge is 0.0700 e. The third-order valence-corrected chi connectivity index (χ3v) is 3.12. The van der Waals surface area contributed by atoms with Gasteiger partial charge in [0.15, 0.2) is 0 Å². The summed E-state index contributed by atoms with van der Waals surface area (Å²) in [4.78, 5) is 2.55. The van der Waals surface area contributed by atoms with Crippen molar-refractivity contribution in [1.82, 2.24) is 10.2 Å². The van der Waals surface area contributed by atoms with Crippen molar-refractivity contribution >= 4 is 0 Å². The van der Waals surface area contributed by atoms with E-state index in [4.69, 9.17) is 9.47 Å². The highest BCUT2D eigenvalue weighted by molar-refractivity contribution is 4.72. The maximum atomic E-state index is 5.41. The number of ether oxygens (including phenoxy) is 2. The Morgan fingerprint density at radius 3 is 2.65 bits per heavy atom. The van der Waals surface area contributed by atoms with Gasteiger partial charge in [-0.1, -0.05) is 0 Å². The molecule has 0 saturated carbocycles. The molecular weight excluding hydrogens is 216 g/mol. The Hall–Kier alpha value is -0.160. The predicted molar refractivity (Wildman–Crippen MR) is 70.5 cm³/mol. The standard InChI is InChI=1S/C13H28N2O2/c1-13(12-15-7-3-4-8-15)14-6-5-9-17-11-10-16-2/h13-14H,3-12H2,1-2H3. The van der Waals surface area contributed by atoms with Crippen LogP contribution in [0, 0.1) is 0 Å². The Morgan fingerprint density at radius 2 is 1.94 bits per heavy atom.